The smallest absolute Gasteiger partial charge is 0.329 e. The van der Waals surface area contributed by atoms with Crippen LogP contribution in [0.25, 0.3) is 0 Å². The maximum atomic E-state index is 13.7. The zero-order chi connectivity index (χ0) is 27.7. The molecule has 1 aliphatic heterocycles. The summed E-state index contributed by atoms with van der Waals surface area (Å²) in [5, 5.41) is 10.3. The molecule has 2 N–H and O–H groups in total. The van der Waals surface area contributed by atoms with Crippen molar-refractivity contribution in [2.24, 2.45) is 5.92 Å². The Morgan fingerprint density at radius 2 is 1.74 bits per heavy atom. The molecule has 1 aliphatic rings. The predicted octanol–water partition coefficient (Wildman–Crippen LogP) is 4.12. The molecule has 10 heteroatoms. The maximum Gasteiger partial charge on any atom is 0.329 e. The number of nitrogens with zero attached hydrogens (tertiary/aromatic N) is 1. The Morgan fingerprint density at radius 3 is 2.34 bits per heavy atom. The average molecular weight is 557 g/mol. The highest BCUT2D eigenvalue weighted by atomic mass is 35.5. The monoisotopic (exact) mass is 556 g/mol. The van der Waals surface area contributed by atoms with Crippen LogP contribution in [0.5, 0.6) is 0 Å². The summed E-state index contributed by atoms with van der Waals surface area (Å²) in [4.78, 5) is 28.7. The van der Waals surface area contributed by atoms with Gasteiger partial charge in [0.25, 0.3) is 0 Å². The first-order valence-electron chi connectivity index (χ1n) is 12.0. The number of methoxy groups -OCH3 is 1. The highest BCUT2D eigenvalue weighted by Crippen LogP contribution is 2.42. The summed E-state index contributed by atoms with van der Waals surface area (Å²) >= 11 is 6.28. The number of esters is 1. The Labute approximate surface area is 227 Å². The Kier molecular flexibility index (Phi) is 7.94. The van der Waals surface area contributed by atoms with E-state index in [0.717, 1.165) is 0 Å². The normalized spacial score (nSPS) is 17.7. The molecule has 0 fully saturated rings. The molecule has 4 rings (SSSR count). The summed E-state index contributed by atoms with van der Waals surface area (Å²) in [7, 11) is -2.56. The molecule has 0 saturated heterocycles. The van der Waals surface area contributed by atoms with Crippen LogP contribution in [0.4, 0.5) is 11.4 Å². The van der Waals surface area contributed by atoms with E-state index in [1.54, 1.807) is 35.2 Å². The van der Waals surface area contributed by atoms with Gasteiger partial charge in [-0.2, -0.15) is 0 Å². The highest BCUT2D eigenvalue weighted by Gasteiger charge is 2.45. The van der Waals surface area contributed by atoms with Crippen molar-refractivity contribution in [3.63, 3.8) is 0 Å². The van der Waals surface area contributed by atoms with Crippen molar-refractivity contribution < 1.29 is 27.9 Å². The third kappa shape index (κ3) is 5.91. The molecule has 200 valence electrons. The number of benzene rings is 3. The first kappa shape index (κ1) is 27.8. The molecule has 0 spiro atoms. The van der Waals surface area contributed by atoms with Gasteiger partial charge >= 0.3 is 5.97 Å². The lowest BCUT2D eigenvalue weighted by molar-refractivity contribution is -0.143. The van der Waals surface area contributed by atoms with E-state index in [9.17, 15) is 23.1 Å². The zero-order valence-electron chi connectivity index (χ0n) is 21.2. The summed E-state index contributed by atoms with van der Waals surface area (Å²) in [6.45, 7) is 2.86. The van der Waals surface area contributed by atoms with Crippen molar-refractivity contribution in [3.8, 4) is 0 Å². The highest BCUT2D eigenvalue weighted by molar-refractivity contribution is 7.89. The minimum atomic E-state index is -3.84. The van der Waals surface area contributed by atoms with Crippen LogP contribution >= 0.6 is 11.6 Å². The molecule has 3 aromatic rings. The van der Waals surface area contributed by atoms with Crippen LogP contribution in [0.15, 0.2) is 77.7 Å². The van der Waals surface area contributed by atoms with Gasteiger partial charge in [-0.05, 0) is 68.3 Å². The Bertz CT molecular complexity index is 1440. The fourth-order valence-electron chi connectivity index (χ4n) is 4.48. The molecule has 0 bridgehead atoms. The van der Waals surface area contributed by atoms with E-state index in [-0.39, 0.29) is 23.6 Å². The second kappa shape index (κ2) is 10.9. The van der Waals surface area contributed by atoms with Gasteiger partial charge in [0.05, 0.1) is 29.2 Å². The molecule has 8 nitrogen and oxygen atoms in total. The molecular weight excluding hydrogens is 528 g/mol. The third-order valence-corrected chi connectivity index (χ3v) is 7.99. The number of hydrogen-bond acceptors (Lipinski definition) is 7. The lowest BCUT2D eigenvalue weighted by atomic mass is 9.80. The fraction of sp³-hybridized carbons (Fsp3) is 0.286. The van der Waals surface area contributed by atoms with E-state index >= 15 is 0 Å². The number of halogens is 1. The summed E-state index contributed by atoms with van der Waals surface area (Å²) in [5.74, 6) is -1.62. The predicted molar refractivity (Wildman–Crippen MR) is 145 cm³/mol. The van der Waals surface area contributed by atoms with Crippen molar-refractivity contribution in [1.29, 1.82) is 0 Å². The molecule has 0 radical (unpaired) electrons. The van der Waals surface area contributed by atoms with Gasteiger partial charge in [0.1, 0.15) is 6.04 Å². The zero-order valence-corrected chi connectivity index (χ0v) is 22.8. The van der Waals surface area contributed by atoms with Crippen molar-refractivity contribution in [2.45, 2.75) is 36.8 Å². The van der Waals surface area contributed by atoms with Crippen molar-refractivity contribution in [2.75, 3.05) is 18.6 Å². The number of Topliss-reactive ketones (excluding diaryl/α,β-unsaturated/α-hetero) is 1. The first-order valence-corrected chi connectivity index (χ1v) is 13.8. The largest absolute Gasteiger partial charge is 0.467 e. The minimum Gasteiger partial charge on any atom is -0.467 e. The van der Waals surface area contributed by atoms with Crippen molar-refractivity contribution in [1.82, 2.24) is 4.72 Å². The second-order valence-electron chi connectivity index (χ2n) is 9.79. The summed E-state index contributed by atoms with van der Waals surface area (Å²) in [6.07, 6.45) is 0.168. The number of anilines is 2. The fourth-order valence-corrected chi connectivity index (χ4v) is 5.85. The number of para-hydroxylation sites is 1. The molecule has 0 amide bonds. The Balaban J connectivity index is 1.72. The number of ketones is 1. The number of carbonyl (C=O) groups is 2. The molecule has 38 heavy (non-hydrogen) atoms. The van der Waals surface area contributed by atoms with Crippen LogP contribution < -0.4 is 9.62 Å². The maximum absolute atomic E-state index is 13.7. The molecule has 2 atom stereocenters. The molecule has 0 saturated carbocycles. The number of ether oxygens (including phenoxy) is 1. The number of fused-ring (bicyclic) bond motifs is 1. The van der Waals surface area contributed by atoms with E-state index in [1.165, 1.54) is 33.1 Å². The van der Waals surface area contributed by atoms with Crippen LogP contribution in [0.3, 0.4) is 0 Å². The minimum absolute atomic E-state index is 0.0240. The second-order valence-corrected chi connectivity index (χ2v) is 12.0. The van der Waals surface area contributed by atoms with Crippen molar-refractivity contribution in [3.05, 3.63) is 88.9 Å². The van der Waals surface area contributed by atoms with Gasteiger partial charge < -0.3 is 14.7 Å². The lowest BCUT2D eigenvalue weighted by Gasteiger charge is -2.41. The molecule has 0 aromatic heterocycles. The Hall–Kier alpha value is -3.24. The van der Waals surface area contributed by atoms with Gasteiger partial charge in [-0.1, -0.05) is 41.9 Å². The van der Waals surface area contributed by atoms with Gasteiger partial charge in [-0.15, -0.1) is 0 Å². The number of sulfonamides is 1. The lowest BCUT2D eigenvalue weighted by Crippen LogP contribution is -2.51. The van der Waals surface area contributed by atoms with E-state index in [4.69, 9.17) is 16.3 Å². The van der Waals surface area contributed by atoms with Gasteiger partial charge in [-0.3, -0.25) is 4.79 Å². The van der Waals surface area contributed by atoms with E-state index in [2.05, 4.69) is 4.72 Å². The average Bonchev–Trinajstić information content (AvgIpc) is 2.89. The van der Waals surface area contributed by atoms with Crippen LogP contribution in [-0.2, 0) is 26.0 Å². The number of nitrogens with one attached hydrogen (secondary N) is 1. The van der Waals surface area contributed by atoms with Crippen LogP contribution in [0.1, 0.15) is 29.8 Å². The van der Waals surface area contributed by atoms with Crippen LogP contribution in [0, 0.1) is 5.92 Å². The topological polar surface area (TPSA) is 113 Å². The van der Waals surface area contributed by atoms with Gasteiger partial charge in [0.15, 0.2) is 5.78 Å². The third-order valence-electron chi connectivity index (χ3n) is 6.34. The summed E-state index contributed by atoms with van der Waals surface area (Å²) in [5.41, 5.74) is 1.10. The number of hydrogen-bond donors (Lipinski definition) is 2. The summed E-state index contributed by atoms with van der Waals surface area (Å²) in [6, 6.07) is 19.3. The summed E-state index contributed by atoms with van der Waals surface area (Å²) < 4.78 is 32.8. The standard InChI is InChI=1S/C28H29ClN2O6S/c1-28(2,34)17-30-38(35,36)21-12-9-18(10-13-21)15-23-25(27(33)37-3)31(20-7-5-4-6-8-20)24-16-19(29)11-14-22(24)26(23)32/h4-14,16,23,25,30,34H,15,17H2,1-3H3. The number of carbonyl (C=O) groups excluding carboxylic acids is 2. The molecule has 0 aliphatic carbocycles. The number of aliphatic hydroxyl groups is 1. The van der Waals surface area contributed by atoms with E-state index in [0.29, 0.717) is 27.5 Å². The molecular formula is C28H29ClN2O6S. The quantitative estimate of drug-likeness (QED) is 0.401. The number of rotatable bonds is 8. The SMILES string of the molecule is COC(=O)C1C(Cc2ccc(S(=O)(=O)NCC(C)(C)O)cc2)C(=O)c2ccc(Cl)cc2N1c1ccccc1. The van der Waals surface area contributed by atoms with Gasteiger partial charge in [0, 0.05) is 22.8 Å². The van der Waals surface area contributed by atoms with Gasteiger partial charge in [0.2, 0.25) is 10.0 Å². The Morgan fingerprint density at radius 1 is 1.08 bits per heavy atom. The molecule has 2 unspecified atom stereocenters. The van der Waals surface area contributed by atoms with Crippen LogP contribution in [0.2, 0.25) is 5.02 Å². The molecule has 3 aromatic carbocycles. The van der Waals surface area contributed by atoms with Crippen molar-refractivity contribution >= 4 is 44.8 Å². The molecule has 1 heterocycles. The van der Waals surface area contributed by atoms with E-state index in [1.807, 2.05) is 30.3 Å². The van der Waals surface area contributed by atoms with Crippen LogP contribution in [-0.4, -0.2) is 50.6 Å². The van der Waals surface area contributed by atoms with E-state index < -0.39 is 33.6 Å². The van der Waals surface area contributed by atoms with Gasteiger partial charge in [-0.25, -0.2) is 17.9 Å². The first-order chi connectivity index (χ1) is 17.9.